The maximum absolute atomic E-state index is 11.6. The zero-order valence-corrected chi connectivity index (χ0v) is 10.1. The minimum atomic E-state index is -0.646. The minimum Gasteiger partial charge on any atom is -0.390 e. The molecule has 0 rings (SSSR count). The summed E-state index contributed by atoms with van der Waals surface area (Å²) < 4.78 is 0. The van der Waals surface area contributed by atoms with E-state index in [0.717, 1.165) is 6.42 Å². The zero-order valence-electron chi connectivity index (χ0n) is 10.1. The first kappa shape index (κ1) is 13.6. The largest absolute Gasteiger partial charge is 0.390 e. The lowest BCUT2D eigenvalue weighted by molar-refractivity contribution is -0.123. The lowest BCUT2D eigenvalue weighted by atomic mass is 9.90. The monoisotopic (exact) mass is 200 g/mol. The molecule has 14 heavy (non-hydrogen) atoms. The van der Waals surface area contributed by atoms with Gasteiger partial charge in [0.2, 0.25) is 0 Å². The van der Waals surface area contributed by atoms with Crippen molar-refractivity contribution in [1.29, 1.82) is 0 Å². The van der Waals surface area contributed by atoms with Crippen LogP contribution in [0.1, 0.15) is 53.9 Å². The Morgan fingerprint density at radius 1 is 1.29 bits per heavy atom. The van der Waals surface area contributed by atoms with Crippen LogP contribution in [0.4, 0.5) is 0 Å². The summed E-state index contributed by atoms with van der Waals surface area (Å²) in [6.45, 7) is 9.64. The van der Waals surface area contributed by atoms with Gasteiger partial charge in [0.1, 0.15) is 5.78 Å². The van der Waals surface area contributed by atoms with Gasteiger partial charge in [0.15, 0.2) is 0 Å². The van der Waals surface area contributed by atoms with Crippen LogP contribution in [0.3, 0.4) is 0 Å². The van der Waals surface area contributed by atoms with Gasteiger partial charge < -0.3 is 5.11 Å². The Morgan fingerprint density at radius 3 is 2.14 bits per heavy atom. The first-order valence-corrected chi connectivity index (χ1v) is 5.47. The van der Waals surface area contributed by atoms with Gasteiger partial charge in [-0.05, 0) is 32.6 Å². The fourth-order valence-corrected chi connectivity index (χ4v) is 1.33. The number of aliphatic hydroxyl groups is 1. The van der Waals surface area contributed by atoms with Gasteiger partial charge in [-0.1, -0.05) is 20.8 Å². The van der Waals surface area contributed by atoms with Gasteiger partial charge >= 0.3 is 0 Å². The SMILES string of the molecule is CC(C)CC(=O)[C@@H](C)CCC(C)(C)O. The van der Waals surface area contributed by atoms with E-state index >= 15 is 0 Å². The summed E-state index contributed by atoms with van der Waals surface area (Å²) in [5.74, 6) is 0.847. The first-order valence-electron chi connectivity index (χ1n) is 5.47. The Kier molecular flexibility index (Phi) is 5.35. The average Bonchev–Trinajstić information content (AvgIpc) is 1.97. The molecule has 1 N–H and O–H groups in total. The van der Waals surface area contributed by atoms with Gasteiger partial charge in [-0.15, -0.1) is 0 Å². The van der Waals surface area contributed by atoms with Crippen molar-refractivity contribution < 1.29 is 9.90 Å². The van der Waals surface area contributed by atoms with Crippen LogP contribution in [0.2, 0.25) is 0 Å². The third kappa shape index (κ3) is 7.07. The van der Waals surface area contributed by atoms with E-state index in [0.29, 0.717) is 24.5 Å². The molecule has 1 atom stereocenters. The van der Waals surface area contributed by atoms with Crippen LogP contribution < -0.4 is 0 Å². The van der Waals surface area contributed by atoms with Crippen LogP contribution in [0.5, 0.6) is 0 Å². The maximum Gasteiger partial charge on any atom is 0.135 e. The average molecular weight is 200 g/mol. The Hall–Kier alpha value is -0.370. The smallest absolute Gasteiger partial charge is 0.135 e. The summed E-state index contributed by atoms with van der Waals surface area (Å²) in [7, 11) is 0. The molecule has 0 aromatic carbocycles. The molecule has 0 saturated carbocycles. The van der Waals surface area contributed by atoms with Crippen molar-refractivity contribution in [2.75, 3.05) is 0 Å². The Labute approximate surface area is 87.7 Å². The highest BCUT2D eigenvalue weighted by atomic mass is 16.3. The molecule has 0 aliphatic rings. The molecule has 0 heterocycles. The van der Waals surface area contributed by atoms with E-state index in [9.17, 15) is 9.90 Å². The molecule has 0 amide bonds. The number of Topliss-reactive ketones (excluding diaryl/α,β-unsaturated/α-hetero) is 1. The molecule has 84 valence electrons. The molecule has 0 bridgehead atoms. The van der Waals surface area contributed by atoms with Gasteiger partial charge in [0.25, 0.3) is 0 Å². The predicted molar refractivity (Wildman–Crippen MR) is 59.2 cm³/mol. The molecule has 0 aliphatic heterocycles. The number of rotatable bonds is 6. The standard InChI is InChI=1S/C12H24O2/c1-9(2)8-11(13)10(3)6-7-12(4,5)14/h9-10,14H,6-8H2,1-5H3/t10-/m0/s1. The van der Waals surface area contributed by atoms with E-state index in [-0.39, 0.29) is 5.92 Å². The Morgan fingerprint density at radius 2 is 1.79 bits per heavy atom. The van der Waals surface area contributed by atoms with Gasteiger partial charge in [0, 0.05) is 12.3 Å². The Bertz CT molecular complexity index is 177. The zero-order chi connectivity index (χ0) is 11.4. The van der Waals surface area contributed by atoms with Crippen LogP contribution in [-0.2, 0) is 4.79 Å². The first-order chi connectivity index (χ1) is 6.22. The van der Waals surface area contributed by atoms with Crippen molar-refractivity contribution in [2.45, 2.75) is 59.5 Å². The Balaban J connectivity index is 3.85. The third-order valence-electron chi connectivity index (χ3n) is 2.35. The van der Waals surface area contributed by atoms with E-state index in [1.54, 1.807) is 13.8 Å². The lowest BCUT2D eigenvalue weighted by Gasteiger charge is -2.19. The van der Waals surface area contributed by atoms with Crippen molar-refractivity contribution in [3.8, 4) is 0 Å². The summed E-state index contributed by atoms with van der Waals surface area (Å²) in [5.41, 5.74) is -0.646. The van der Waals surface area contributed by atoms with Crippen molar-refractivity contribution in [1.82, 2.24) is 0 Å². The van der Waals surface area contributed by atoms with Crippen molar-refractivity contribution in [2.24, 2.45) is 11.8 Å². The molecule has 0 aromatic rings. The molecular weight excluding hydrogens is 176 g/mol. The summed E-state index contributed by atoms with van der Waals surface area (Å²) in [6, 6.07) is 0. The van der Waals surface area contributed by atoms with Gasteiger partial charge in [-0.3, -0.25) is 4.79 Å². The highest BCUT2D eigenvalue weighted by Crippen LogP contribution is 2.18. The quantitative estimate of drug-likeness (QED) is 0.716. The molecule has 0 radical (unpaired) electrons. The molecule has 0 aliphatic carbocycles. The summed E-state index contributed by atoms with van der Waals surface area (Å²) in [5, 5.41) is 9.52. The molecule has 2 heteroatoms. The van der Waals surface area contributed by atoms with Crippen molar-refractivity contribution in [3.05, 3.63) is 0 Å². The molecule has 0 unspecified atom stereocenters. The number of carbonyl (C=O) groups is 1. The van der Waals surface area contributed by atoms with Gasteiger partial charge in [-0.25, -0.2) is 0 Å². The highest BCUT2D eigenvalue weighted by molar-refractivity contribution is 5.80. The van der Waals surface area contributed by atoms with Crippen molar-refractivity contribution in [3.63, 3.8) is 0 Å². The molecule has 0 spiro atoms. The minimum absolute atomic E-state index is 0.0869. The second-order valence-electron chi connectivity index (χ2n) is 5.32. The molecule has 0 fully saturated rings. The fourth-order valence-electron chi connectivity index (χ4n) is 1.33. The molecule has 0 aromatic heterocycles. The topological polar surface area (TPSA) is 37.3 Å². The number of carbonyl (C=O) groups excluding carboxylic acids is 1. The number of hydrogen-bond acceptors (Lipinski definition) is 2. The van der Waals surface area contributed by atoms with Crippen LogP contribution >= 0.6 is 0 Å². The van der Waals surface area contributed by atoms with Gasteiger partial charge in [0.05, 0.1) is 5.60 Å². The van der Waals surface area contributed by atoms with Crippen LogP contribution in [0.15, 0.2) is 0 Å². The maximum atomic E-state index is 11.6. The highest BCUT2D eigenvalue weighted by Gasteiger charge is 2.18. The van der Waals surface area contributed by atoms with Crippen LogP contribution in [0.25, 0.3) is 0 Å². The molecule has 2 nitrogen and oxygen atoms in total. The molecular formula is C12H24O2. The number of ketones is 1. The van der Waals surface area contributed by atoms with E-state index in [1.165, 1.54) is 0 Å². The van der Waals surface area contributed by atoms with Crippen LogP contribution in [0, 0.1) is 11.8 Å². The third-order valence-corrected chi connectivity index (χ3v) is 2.35. The summed E-state index contributed by atoms with van der Waals surface area (Å²) >= 11 is 0. The number of hydrogen-bond donors (Lipinski definition) is 1. The summed E-state index contributed by atoms with van der Waals surface area (Å²) in [4.78, 5) is 11.6. The van der Waals surface area contributed by atoms with E-state index in [4.69, 9.17) is 0 Å². The second kappa shape index (κ2) is 5.50. The van der Waals surface area contributed by atoms with E-state index in [2.05, 4.69) is 13.8 Å². The van der Waals surface area contributed by atoms with Gasteiger partial charge in [-0.2, -0.15) is 0 Å². The lowest BCUT2D eigenvalue weighted by Crippen LogP contribution is -2.22. The van der Waals surface area contributed by atoms with Crippen molar-refractivity contribution >= 4 is 5.78 Å². The molecule has 0 saturated heterocycles. The van der Waals surface area contributed by atoms with E-state index in [1.807, 2.05) is 6.92 Å². The second-order valence-corrected chi connectivity index (χ2v) is 5.32. The normalized spacial score (nSPS) is 14.5. The van der Waals surface area contributed by atoms with Crippen LogP contribution in [-0.4, -0.2) is 16.5 Å². The van der Waals surface area contributed by atoms with E-state index < -0.39 is 5.60 Å². The summed E-state index contributed by atoms with van der Waals surface area (Å²) in [6.07, 6.45) is 2.14. The fraction of sp³-hybridized carbons (Fsp3) is 0.917. The predicted octanol–water partition coefficient (Wildman–Crippen LogP) is 2.79.